The highest BCUT2D eigenvalue weighted by atomic mass is 28.4. The first-order valence-corrected chi connectivity index (χ1v) is 13.6. The van der Waals surface area contributed by atoms with E-state index in [9.17, 15) is 4.79 Å². The van der Waals surface area contributed by atoms with E-state index in [4.69, 9.17) is 4.43 Å². The summed E-state index contributed by atoms with van der Waals surface area (Å²) in [6.45, 7) is 15.3. The molecule has 0 bridgehead atoms. The highest BCUT2D eigenvalue weighted by molar-refractivity contribution is 6.99. The minimum atomic E-state index is -2.58. The van der Waals surface area contributed by atoms with Crippen LogP contribution in [0, 0.1) is 5.41 Å². The minimum absolute atomic E-state index is 0.0354. The average Bonchev–Trinajstić information content (AvgIpc) is 2.71. The van der Waals surface area contributed by atoms with Crippen LogP contribution >= 0.6 is 0 Å². The number of carbonyl (C=O) groups is 1. The zero-order chi connectivity index (χ0) is 23.6. The Morgan fingerprint density at radius 2 is 1.50 bits per heavy atom. The summed E-state index contributed by atoms with van der Waals surface area (Å²) in [6.07, 6.45) is 5.68. The zero-order valence-electron chi connectivity index (χ0n) is 20.7. The Morgan fingerprint density at radius 3 is 1.91 bits per heavy atom. The molecule has 0 unspecified atom stereocenters. The fraction of sp³-hybridized carbons (Fsp3) is 0.414. The molecule has 2 aromatic rings. The molecule has 2 nitrogen and oxygen atoms in total. The van der Waals surface area contributed by atoms with E-state index in [1.165, 1.54) is 21.5 Å². The number of benzene rings is 2. The van der Waals surface area contributed by atoms with Crippen molar-refractivity contribution in [2.45, 2.75) is 72.5 Å². The van der Waals surface area contributed by atoms with Crippen LogP contribution in [0.1, 0.15) is 61.3 Å². The quantitative estimate of drug-likeness (QED) is 0.389. The molecule has 1 atom stereocenters. The van der Waals surface area contributed by atoms with Gasteiger partial charge in [0.05, 0.1) is 6.10 Å². The van der Waals surface area contributed by atoms with Gasteiger partial charge in [-0.05, 0) is 59.2 Å². The normalized spacial score (nSPS) is 19.4. The van der Waals surface area contributed by atoms with Gasteiger partial charge in [-0.1, -0.05) is 107 Å². The van der Waals surface area contributed by atoms with Crippen LogP contribution in [-0.4, -0.2) is 20.2 Å². The van der Waals surface area contributed by atoms with Gasteiger partial charge < -0.3 is 4.43 Å². The predicted molar refractivity (Wildman–Crippen MR) is 138 cm³/mol. The van der Waals surface area contributed by atoms with Gasteiger partial charge in [-0.3, -0.25) is 4.79 Å². The molecule has 32 heavy (non-hydrogen) atoms. The standard InChI is InChI=1S/C29H38O2Si/c1-22-20-24(21-29(6,7)27(22)19-18-23(2)30)31-32(28(3,4)5,25-14-10-8-11-15-25)26-16-12-9-13-17-26/h8-19,24H,20-21H2,1-7H3/b19-18-/t24-/m1/s1. The Kier molecular flexibility index (Phi) is 7.11. The molecule has 1 aliphatic rings. The Hall–Kier alpha value is -2.23. The van der Waals surface area contributed by atoms with Crippen molar-refractivity contribution in [3.63, 3.8) is 0 Å². The fourth-order valence-electron chi connectivity index (χ4n) is 5.37. The van der Waals surface area contributed by atoms with Gasteiger partial charge in [0.1, 0.15) is 0 Å². The molecule has 0 radical (unpaired) electrons. The number of hydrogen-bond donors (Lipinski definition) is 0. The van der Waals surface area contributed by atoms with Crippen LogP contribution in [0.4, 0.5) is 0 Å². The molecule has 0 saturated heterocycles. The van der Waals surface area contributed by atoms with Gasteiger partial charge >= 0.3 is 0 Å². The van der Waals surface area contributed by atoms with Gasteiger partial charge in [0, 0.05) is 0 Å². The van der Waals surface area contributed by atoms with Gasteiger partial charge in [0.2, 0.25) is 0 Å². The second-order valence-corrected chi connectivity index (χ2v) is 15.1. The molecule has 0 saturated carbocycles. The number of ketones is 1. The average molecular weight is 447 g/mol. The molecule has 170 valence electrons. The SMILES string of the molecule is CC(=O)/C=C\C1=C(C)C[C@@H](O[Si](c2ccccc2)(c2ccccc2)C(C)(C)C)CC1(C)C. The van der Waals surface area contributed by atoms with E-state index < -0.39 is 8.32 Å². The molecule has 0 aromatic heterocycles. The van der Waals surface area contributed by atoms with Crippen LogP contribution in [0.15, 0.2) is 84.0 Å². The van der Waals surface area contributed by atoms with Crippen LogP contribution in [0.5, 0.6) is 0 Å². The third kappa shape index (κ3) is 4.89. The second kappa shape index (κ2) is 9.33. The molecule has 0 heterocycles. The van der Waals surface area contributed by atoms with Gasteiger partial charge in [-0.2, -0.15) is 0 Å². The van der Waals surface area contributed by atoms with Crippen molar-refractivity contribution in [3.05, 3.63) is 84.0 Å². The van der Waals surface area contributed by atoms with Crippen molar-refractivity contribution in [2.75, 3.05) is 0 Å². The monoisotopic (exact) mass is 446 g/mol. The Labute approximate surface area is 195 Å². The maximum absolute atomic E-state index is 11.6. The molecule has 3 rings (SSSR count). The largest absolute Gasteiger partial charge is 0.404 e. The van der Waals surface area contributed by atoms with Crippen LogP contribution in [0.3, 0.4) is 0 Å². The van der Waals surface area contributed by atoms with E-state index in [-0.39, 0.29) is 22.3 Å². The van der Waals surface area contributed by atoms with Crippen molar-refractivity contribution in [2.24, 2.45) is 5.41 Å². The van der Waals surface area contributed by atoms with Crippen LogP contribution in [-0.2, 0) is 9.22 Å². The van der Waals surface area contributed by atoms with E-state index >= 15 is 0 Å². The van der Waals surface area contributed by atoms with E-state index in [1.54, 1.807) is 13.0 Å². The summed E-state index contributed by atoms with van der Waals surface area (Å²) in [4.78, 5) is 11.6. The summed E-state index contributed by atoms with van der Waals surface area (Å²) in [5.74, 6) is 0.0896. The molecule has 0 fully saturated rings. The van der Waals surface area contributed by atoms with Crippen molar-refractivity contribution >= 4 is 24.5 Å². The molecule has 2 aromatic carbocycles. The van der Waals surface area contributed by atoms with E-state index in [1.807, 2.05) is 6.08 Å². The summed E-state index contributed by atoms with van der Waals surface area (Å²) in [5.41, 5.74) is 2.54. The van der Waals surface area contributed by atoms with Gasteiger partial charge in [-0.15, -0.1) is 0 Å². The number of allylic oxidation sites excluding steroid dienone is 3. The maximum Gasteiger partial charge on any atom is 0.261 e. The fourth-order valence-corrected chi connectivity index (χ4v) is 10.1. The first-order valence-electron chi connectivity index (χ1n) is 11.6. The summed E-state index contributed by atoms with van der Waals surface area (Å²) >= 11 is 0. The van der Waals surface area contributed by atoms with E-state index in [2.05, 4.69) is 102 Å². The third-order valence-electron chi connectivity index (χ3n) is 6.71. The van der Waals surface area contributed by atoms with Crippen molar-refractivity contribution < 1.29 is 9.22 Å². The lowest BCUT2D eigenvalue weighted by atomic mass is 9.71. The Morgan fingerprint density at radius 1 is 1.00 bits per heavy atom. The molecule has 3 heteroatoms. The molecule has 0 N–H and O–H groups in total. The molecular weight excluding hydrogens is 408 g/mol. The van der Waals surface area contributed by atoms with E-state index in [0.29, 0.717) is 0 Å². The Balaban J connectivity index is 2.10. The Bertz CT molecular complexity index is 955. The molecule has 1 aliphatic carbocycles. The maximum atomic E-state index is 11.6. The van der Waals surface area contributed by atoms with Crippen molar-refractivity contribution in [3.8, 4) is 0 Å². The van der Waals surface area contributed by atoms with Gasteiger partial charge in [-0.25, -0.2) is 0 Å². The molecular formula is C29H38O2Si. The first-order chi connectivity index (χ1) is 15.0. The third-order valence-corrected chi connectivity index (χ3v) is 11.8. The first kappa shape index (κ1) is 24.4. The number of rotatable bonds is 6. The highest BCUT2D eigenvalue weighted by Gasteiger charge is 2.52. The summed E-state index contributed by atoms with van der Waals surface area (Å²) in [7, 11) is -2.58. The van der Waals surface area contributed by atoms with E-state index in [0.717, 1.165) is 12.8 Å². The predicted octanol–water partition coefficient (Wildman–Crippen LogP) is 6.21. The molecule has 0 amide bonds. The van der Waals surface area contributed by atoms with Crippen LogP contribution in [0.2, 0.25) is 5.04 Å². The second-order valence-electron chi connectivity index (χ2n) is 10.8. The minimum Gasteiger partial charge on any atom is -0.404 e. The molecule has 0 aliphatic heterocycles. The van der Waals surface area contributed by atoms with Crippen LogP contribution in [0.25, 0.3) is 0 Å². The number of carbonyl (C=O) groups excluding carboxylic acids is 1. The smallest absolute Gasteiger partial charge is 0.261 e. The topological polar surface area (TPSA) is 26.3 Å². The lowest BCUT2D eigenvalue weighted by Gasteiger charge is -2.48. The van der Waals surface area contributed by atoms with Gasteiger partial charge in [0.15, 0.2) is 5.78 Å². The van der Waals surface area contributed by atoms with Crippen molar-refractivity contribution in [1.82, 2.24) is 0 Å². The zero-order valence-corrected chi connectivity index (χ0v) is 21.7. The summed E-state index contributed by atoms with van der Waals surface area (Å²) < 4.78 is 7.41. The lowest BCUT2D eigenvalue weighted by molar-refractivity contribution is -0.112. The van der Waals surface area contributed by atoms with Gasteiger partial charge in [0.25, 0.3) is 8.32 Å². The lowest BCUT2D eigenvalue weighted by Crippen LogP contribution is -2.68. The van der Waals surface area contributed by atoms with Crippen LogP contribution < -0.4 is 10.4 Å². The highest BCUT2D eigenvalue weighted by Crippen LogP contribution is 2.45. The summed E-state index contributed by atoms with van der Waals surface area (Å²) in [5, 5.41) is 2.60. The molecule has 0 spiro atoms. The van der Waals surface area contributed by atoms with Crippen molar-refractivity contribution in [1.29, 1.82) is 0 Å². The summed E-state index contributed by atoms with van der Waals surface area (Å²) in [6, 6.07) is 21.7. The number of hydrogen-bond acceptors (Lipinski definition) is 2.